The fourth-order valence-electron chi connectivity index (χ4n) is 8.65. The number of carboxylic acid groups (broad SMARTS) is 1. The molecule has 16 nitrogen and oxygen atoms in total. The Bertz CT molecular complexity index is 3760. The molecule has 0 unspecified atom stereocenters. The van der Waals surface area contributed by atoms with Gasteiger partial charge in [-0.15, -0.1) is 0 Å². The summed E-state index contributed by atoms with van der Waals surface area (Å²) >= 11 is 0. The number of aromatic nitrogens is 1. The Morgan fingerprint density at radius 1 is 0.389 bits per heavy atom. The van der Waals surface area contributed by atoms with E-state index in [2.05, 4.69) is 27.2 Å². The summed E-state index contributed by atoms with van der Waals surface area (Å²) in [7, 11) is 7.52. The summed E-state index contributed by atoms with van der Waals surface area (Å²) in [4.78, 5) is 51.6. The first-order chi connectivity index (χ1) is 43.4. The Kier molecular flexibility index (Phi) is 27.3. The molecular weight excluding hydrogens is 1140 g/mol. The van der Waals surface area contributed by atoms with Gasteiger partial charge in [0.1, 0.15) is 42.8 Å². The molecular formula is C74H78N2O14. The second-order valence-corrected chi connectivity index (χ2v) is 20.8. The highest BCUT2D eigenvalue weighted by Crippen LogP contribution is 2.31. The van der Waals surface area contributed by atoms with Gasteiger partial charge in [0.2, 0.25) is 0 Å². The number of esters is 2. The summed E-state index contributed by atoms with van der Waals surface area (Å²) in [5.41, 5.74) is 15.6. The largest absolute Gasteiger partial charge is 0.508 e. The van der Waals surface area contributed by atoms with Crippen LogP contribution >= 0.6 is 0 Å². The number of hydrogen-bond donors (Lipinski definition) is 3. The summed E-state index contributed by atoms with van der Waals surface area (Å²) < 4.78 is 41.4. The number of hydrogen-bond acceptors (Lipinski definition) is 14. The minimum absolute atomic E-state index is 0.0495. The average Bonchev–Trinajstić information content (AvgIpc) is 1.37. The van der Waals surface area contributed by atoms with Crippen molar-refractivity contribution < 1.29 is 67.3 Å². The van der Waals surface area contributed by atoms with Gasteiger partial charge in [0.15, 0.2) is 0 Å². The number of benzene rings is 8. The molecule has 8 aromatic carbocycles. The number of pyridine rings is 1. The van der Waals surface area contributed by atoms with Gasteiger partial charge in [0, 0.05) is 45.3 Å². The smallest absolute Gasteiger partial charge is 0.338 e. The topological polar surface area (TPSA) is 207 Å². The second kappa shape index (κ2) is 35.6. The number of carbonyl (C=O) groups excluding carboxylic acids is 3. The molecule has 90 heavy (non-hydrogen) atoms. The molecule has 1 amide bonds. The SMILES string of the molecule is COC(=O)c1cc(O)cc(-c2ccc(C)cc2)c1.COCCOc1cc(C(=O)NCc2ccc(C)nc2)cc(-c2ccc(C)cc2)c1.COCCOc1cc(C(=O)O)cc(-c2ccc(C)cc2)c1.COCCOc1cc(C(=O)OC)cc(-c2ccc(C)cc2)c1. The average molecular weight is 1220 g/mol. The molecule has 0 aliphatic heterocycles. The molecule has 0 spiro atoms. The lowest BCUT2D eigenvalue weighted by atomic mass is 10.0. The van der Waals surface area contributed by atoms with Crippen molar-refractivity contribution in [2.24, 2.45) is 0 Å². The Morgan fingerprint density at radius 2 is 0.733 bits per heavy atom. The van der Waals surface area contributed by atoms with E-state index in [1.165, 1.54) is 37.5 Å². The van der Waals surface area contributed by atoms with Crippen molar-refractivity contribution in [1.82, 2.24) is 10.3 Å². The van der Waals surface area contributed by atoms with Crippen molar-refractivity contribution in [2.45, 2.75) is 41.2 Å². The van der Waals surface area contributed by atoms with E-state index in [1.807, 2.05) is 156 Å². The third kappa shape index (κ3) is 22.2. The quantitative estimate of drug-likeness (QED) is 0.0426. The molecule has 0 saturated carbocycles. The maximum Gasteiger partial charge on any atom is 0.338 e. The molecule has 0 aliphatic rings. The van der Waals surface area contributed by atoms with Crippen LogP contribution in [-0.4, -0.2) is 114 Å². The van der Waals surface area contributed by atoms with Crippen molar-refractivity contribution in [2.75, 3.05) is 75.2 Å². The van der Waals surface area contributed by atoms with Gasteiger partial charge in [-0.25, -0.2) is 14.4 Å². The molecule has 1 heterocycles. The number of ether oxygens (including phenoxy) is 8. The van der Waals surface area contributed by atoms with Crippen LogP contribution in [0.2, 0.25) is 0 Å². The zero-order valence-corrected chi connectivity index (χ0v) is 52.6. The fourth-order valence-corrected chi connectivity index (χ4v) is 8.65. The third-order valence-corrected chi connectivity index (χ3v) is 13.6. The lowest BCUT2D eigenvalue weighted by molar-refractivity contribution is 0.0591. The number of amides is 1. The van der Waals surface area contributed by atoms with Gasteiger partial charge in [0.25, 0.3) is 5.91 Å². The van der Waals surface area contributed by atoms with Crippen LogP contribution in [0.15, 0.2) is 188 Å². The minimum Gasteiger partial charge on any atom is -0.508 e. The molecule has 468 valence electrons. The van der Waals surface area contributed by atoms with E-state index in [0.717, 1.165) is 66.9 Å². The first-order valence-electron chi connectivity index (χ1n) is 28.9. The lowest BCUT2D eigenvalue weighted by Gasteiger charge is -2.12. The van der Waals surface area contributed by atoms with E-state index in [9.17, 15) is 29.4 Å². The van der Waals surface area contributed by atoms with E-state index in [-0.39, 0.29) is 23.2 Å². The summed E-state index contributed by atoms with van der Waals surface area (Å²) in [6.07, 6.45) is 1.78. The molecule has 0 aliphatic carbocycles. The standard InChI is InChI=1S/C24H26N2O3.C18H20O4.C17H18O4.C15H14O3/c1-17-4-8-20(9-5-17)21-12-22(14-23(13-21)29-11-10-28-3)24(27)26-16-19-7-6-18(2)25-15-19;1-13-4-6-14(7-5-13)15-10-16(18(19)21-3)12-17(11-15)22-9-8-20-2;1-12-3-5-13(6-4-12)14-9-15(17(18)19)11-16(10-14)21-8-7-20-2;1-10-3-5-11(6-4-10)12-7-13(15(17)18-2)9-14(16)8-12/h4-9,12-15H,10-11,16H2,1-3H3,(H,26,27);4-7,10-12H,8-9H2,1-3H3;3-6,9-11H,7-8H2,1-2H3,(H,18,19);3-9,16H,1-2H3. The van der Waals surface area contributed by atoms with Crippen molar-refractivity contribution in [3.05, 3.63) is 244 Å². The van der Waals surface area contributed by atoms with Crippen LogP contribution < -0.4 is 19.5 Å². The van der Waals surface area contributed by atoms with Crippen LogP contribution in [0.3, 0.4) is 0 Å². The monoisotopic (exact) mass is 1220 g/mol. The van der Waals surface area contributed by atoms with Crippen molar-refractivity contribution in [3.63, 3.8) is 0 Å². The minimum atomic E-state index is -0.972. The first-order valence-corrected chi connectivity index (χ1v) is 28.9. The van der Waals surface area contributed by atoms with Gasteiger partial charge in [-0.3, -0.25) is 9.78 Å². The number of methoxy groups -OCH3 is 5. The normalized spacial score (nSPS) is 10.4. The molecule has 3 N–H and O–H groups in total. The van der Waals surface area contributed by atoms with Crippen LogP contribution in [-0.2, 0) is 30.2 Å². The van der Waals surface area contributed by atoms with Crippen LogP contribution in [0, 0.1) is 34.6 Å². The molecule has 0 radical (unpaired) electrons. The number of aromatic hydroxyl groups is 1. The number of aryl methyl sites for hydroxylation is 5. The fraction of sp³-hybridized carbons (Fsp3) is 0.230. The molecule has 0 saturated heterocycles. The molecule has 9 aromatic rings. The predicted octanol–water partition coefficient (Wildman–Crippen LogP) is 14.3. The maximum absolute atomic E-state index is 12.8. The second-order valence-electron chi connectivity index (χ2n) is 20.8. The Labute approximate surface area is 526 Å². The number of carboxylic acids is 1. The van der Waals surface area contributed by atoms with Gasteiger partial charge >= 0.3 is 17.9 Å². The highest BCUT2D eigenvalue weighted by Gasteiger charge is 2.15. The summed E-state index contributed by atoms with van der Waals surface area (Å²) in [5, 5.41) is 21.8. The van der Waals surface area contributed by atoms with Gasteiger partial charge in [-0.1, -0.05) is 125 Å². The van der Waals surface area contributed by atoms with Crippen molar-refractivity contribution in [1.29, 1.82) is 0 Å². The van der Waals surface area contributed by atoms with E-state index in [0.29, 0.717) is 80.1 Å². The Balaban J connectivity index is 0.000000194. The number of nitrogens with zero attached hydrogens (tertiary/aromatic N) is 1. The highest BCUT2D eigenvalue weighted by atomic mass is 16.5. The van der Waals surface area contributed by atoms with E-state index < -0.39 is 11.9 Å². The number of carbonyl (C=O) groups is 4. The molecule has 0 fully saturated rings. The van der Waals surface area contributed by atoms with Crippen LogP contribution in [0.4, 0.5) is 0 Å². The van der Waals surface area contributed by atoms with Gasteiger partial charge in [0.05, 0.1) is 50.7 Å². The van der Waals surface area contributed by atoms with Crippen LogP contribution in [0.1, 0.15) is 74.9 Å². The lowest BCUT2D eigenvalue weighted by Crippen LogP contribution is -2.23. The first kappa shape index (κ1) is 69.0. The number of phenolic OH excluding ortho intramolecular Hbond substituents is 1. The summed E-state index contributed by atoms with van der Waals surface area (Å²) in [6.45, 7) is 13.1. The number of phenols is 1. The van der Waals surface area contributed by atoms with Crippen LogP contribution in [0.25, 0.3) is 44.5 Å². The molecule has 0 bridgehead atoms. The number of rotatable bonds is 22. The van der Waals surface area contributed by atoms with Crippen molar-refractivity contribution in [3.8, 4) is 67.5 Å². The Hall–Kier alpha value is -10.1. The zero-order valence-electron chi connectivity index (χ0n) is 52.6. The van der Waals surface area contributed by atoms with Gasteiger partial charge < -0.3 is 53.4 Å². The van der Waals surface area contributed by atoms with Gasteiger partial charge in [-0.05, 0) is 164 Å². The van der Waals surface area contributed by atoms with E-state index in [1.54, 1.807) is 63.9 Å². The Morgan fingerprint density at radius 3 is 1.09 bits per heavy atom. The maximum atomic E-state index is 12.8. The predicted molar refractivity (Wildman–Crippen MR) is 350 cm³/mol. The van der Waals surface area contributed by atoms with E-state index in [4.69, 9.17) is 33.2 Å². The molecule has 9 rings (SSSR count). The third-order valence-electron chi connectivity index (χ3n) is 13.6. The molecule has 1 aromatic heterocycles. The zero-order chi connectivity index (χ0) is 65.0. The molecule has 16 heteroatoms. The van der Waals surface area contributed by atoms with Crippen LogP contribution in [0.5, 0.6) is 23.0 Å². The summed E-state index contributed by atoms with van der Waals surface area (Å²) in [6, 6.07) is 56.7. The van der Waals surface area contributed by atoms with Gasteiger partial charge in [-0.2, -0.15) is 0 Å². The number of nitrogens with one attached hydrogen (secondary N) is 1. The van der Waals surface area contributed by atoms with E-state index >= 15 is 0 Å². The number of aromatic carboxylic acids is 1. The van der Waals surface area contributed by atoms with Crippen molar-refractivity contribution >= 4 is 23.8 Å². The molecule has 0 atom stereocenters. The highest BCUT2D eigenvalue weighted by molar-refractivity contribution is 5.96. The summed E-state index contributed by atoms with van der Waals surface area (Å²) in [5.74, 6) is -0.129.